The Labute approximate surface area is 168 Å². The minimum absolute atomic E-state index is 0.0105. The fraction of sp³-hybridized carbons (Fsp3) is 0.350. The predicted molar refractivity (Wildman–Crippen MR) is 105 cm³/mol. The predicted octanol–water partition coefficient (Wildman–Crippen LogP) is 4.28. The van der Waals surface area contributed by atoms with Crippen molar-refractivity contribution in [1.82, 2.24) is 4.31 Å². The smallest absolute Gasteiger partial charge is 0.324 e. The molecule has 1 N–H and O–H groups in total. The van der Waals surface area contributed by atoms with Gasteiger partial charge in [0, 0.05) is 6.54 Å². The molecule has 0 aliphatic heterocycles. The lowest BCUT2D eigenvalue weighted by atomic mass is 10.1. The van der Waals surface area contributed by atoms with Gasteiger partial charge in [-0.05, 0) is 44.0 Å². The molecule has 0 unspecified atom stereocenters. The normalized spacial score (nSPS) is 12.3. The van der Waals surface area contributed by atoms with Gasteiger partial charge in [0.25, 0.3) is 0 Å². The Hall–Kier alpha value is -2.39. The van der Waals surface area contributed by atoms with Gasteiger partial charge in [0.05, 0.1) is 22.7 Å². The number of aryl methyl sites for hydroxylation is 3. The quantitative estimate of drug-likeness (QED) is 0.747. The molecule has 9 heteroatoms. The van der Waals surface area contributed by atoms with E-state index in [2.05, 4.69) is 5.32 Å². The number of hydrogen-bond acceptors (Lipinski definition) is 3. The molecule has 5 nitrogen and oxygen atoms in total. The maximum Gasteiger partial charge on any atom is 0.418 e. The van der Waals surface area contributed by atoms with Crippen LogP contribution in [-0.4, -0.2) is 31.7 Å². The highest BCUT2D eigenvalue weighted by Gasteiger charge is 2.34. The van der Waals surface area contributed by atoms with Crippen LogP contribution in [0.5, 0.6) is 0 Å². The van der Waals surface area contributed by atoms with Crippen LogP contribution in [0.2, 0.25) is 0 Å². The molecule has 29 heavy (non-hydrogen) atoms. The maximum absolute atomic E-state index is 13.1. The van der Waals surface area contributed by atoms with Crippen LogP contribution < -0.4 is 5.32 Å². The average molecular weight is 428 g/mol. The van der Waals surface area contributed by atoms with E-state index in [1.807, 2.05) is 6.92 Å². The molecule has 0 atom stereocenters. The molecular formula is C20H23F3N2O3S. The summed E-state index contributed by atoms with van der Waals surface area (Å²) in [6, 6.07) is 8.01. The summed E-state index contributed by atoms with van der Waals surface area (Å²) in [7, 11) is -4.00. The molecule has 0 bridgehead atoms. The van der Waals surface area contributed by atoms with Crippen LogP contribution in [-0.2, 0) is 21.0 Å². The summed E-state index contributed by atoms with van der Waals surface area (Å²) in [5, 5.41) is 2.18. The second-order valence-electron chi connectivity index (χ2n) is 6.75. The molecule has 0 saturated heterocycles. The molecule has 0 saturated carbocycles. The average Bonchev–Trinajstić information content (AvgIpc) is 2.57. The molecule has 0 fully saturated rings. The number of carbonyl (C=O) groups excluding carboxylic acids is 1. The van der Waals surface area contributed by atoms with Gasteiger partial charge in [-0.3, -0.25) is 4.79 Å². The highest BCUT2D eigenvalue weighted by Crippen LogP contribution is 2.34. The van der Waals surface area contributed by atoms with Gasteiger partial charge in [0.15, 0.2) is 0 Å². The van der Waals surface area contributed by atoms with Crippen LogP contribution in [0.25, 0.3) is 0 Å². The van der Waals surface area contributed by atoms with Crippen LogP contribution >= 0.6 is 0 Å². The molecule has 158 valence electrons. The zero-order valence-electron chi connectivity index (χ0n) is 16.6. The second kappa shape index (κ2) is 8.54. The SMILES string of the molecule is CCN(CC(=O)Nc1ccccc1C(F)(F)F)S(=O)(=O)c1c(C)cc(C)cc1C. The van der Waals surface area contributed by atoms with Gasteiger partial charge in [-0.15, -0.1) is 0 Å². The summed E-state index contributed by atoms with van der Waals surface area (Å²) in [5.41, 5.74) is 0.585. The zero-order chi connectivity index (χ0) is 22.0. The number of amides is 1. The minimum Gasteiger partial charge on any atom is -0.324 e. The van der Waals surface area contributed by atoms with E-state index in [0.717, 1.165) is 22.0 Å². The van der Waals surface area contributed by atoms with Crippen molar-refractivity contribution in [1.29, 1.82) is 0 Å². The van der Waals surface area contributed by atoms with Crippen molar-refractivity contribution >= 4 is 21.6 Å². The lowest BCUT2D eigenvalue weighted by Gasteiger charge is -2.23. The zero-order valence-corrected chi connectivity index (χ0v) is 17.4. The van der Waals surface area contributed by atoms with E-state index < -0.39 is 39.9 Å². The summed E-state index contributed by atoms with van der Waals surface area (Å²) in [6.07, 6.45) is -4.64. The van der Waals surface area contributed by atoms with Crippen LogP contribution in [0.15, 0.2) is 41.3 Å². The van der Waals surface area contributed by atoms with Crippen molar-refractivity contribution in [3.05, 3.63) is 58.7 Å². The van der Waals surface area contributed by atoms with E-state index >= 15 is 0 Å². The number of halogens is 3. The number of para-hydroxylation sites is 1. The molecule has 0 heterocycles. The Bertz CT molecular complexity index is 995. The van der Waals surface area contributed by atoms with Gasteiger partial charge < -0.3 is 5.32 Å². The van der Waals surface area contributed by atoms with E-state index in [9.17, 15) is 26.4 Å². The highest BCUT2D eigenvalue weighted by atomic mass is 32.2. The Balaban J connectivity index is 2.30. The number of rotatable bonds is 6. The monoisotopic (exact) mass is 428 g/mol. The molecule has 1 amide bonds. The first kappa shape index (κ1) is 22.9. The number of likely N-dealkylation sites (N-methyl/N-ethyl adjacent to an activating group) is 1. The molecule has 2 rings (SSSR count). The molecule has 0 aliphatic carbocycles. The molecule has 0 spiro atoms. The Morgan fingerprint density at radius 1 is 1.07 bits per heavy atom. The lowest BCUT2D eigenvalue weighted by molar-refractivity contribution is -0.137. The van der Waals surface area contributed by atoms with Gasteiger partial charge in [-0.25, -0.2) is 8.42 Å². The largest absolute Gasteiger partial charge is 0.418 e. The van der Waals surface area contributed by atoms with Crippen molar-refractivity contribution in [2.45, 2.75) is 38.8 Å². The van der Waals surface area contributed by atoms with Crippen molar-refractivity contribution in [3.8, 4) is 0 Å². The summed E-state index contributed by atoms with van der Waals surface area (Å²) in [6.45, 7) is 6.13. The first-order chi connectivity index (χ1) is 13.4. The van der Waals surface area contributed by atoms with Crippen molar-refractivity contribution in [2.75, 3.05) is 18.4 Å². The number of nitrogens with zero attached hydrogens (tertiary/aromatic N) is 1. The van der Waals surface area contributed by atoms with Crippen LogP contribution in [0, 0.1) is 20.8 Å². The Morgan fingerprint density at radius 3 is 2.14 bits per heavy atom. The lowest BCUT2D eigenvalue weighted by Crippen LogP contribution is -2.38. The van der Waals surface area contributed by atoms with E-state index in [1.165, 1.54) is 12.1 Å². The third-order valence-corrected chi connectivity index (χ3v) is 6.61. The number of hydrogen-bond donors (Lipinski definition) is 1. The van der Waals surface area contributed by atoms with Crippen molar-refractivity contribution in [2.24, 2.45) is 0 Å². The highest BCUT2D eigenvalue weighted by molar-refractivity contribution is 7.89. The summed E-state index contributed by atoms with van der Waals surface area (Å²) < 4.78 is 66.4. The number of alkyl halides is 3. The molecular weight excluding hydrogens is 405 g/mol. The van der Waals surface area contributed by atoms with Gasteiger partial charge in [-0.1, -0.05) is 36.8 Å². The van der Waals surface area contributed by atoms with E-state index in [0.29, 0.717) is 11.1 Å². The third-order valence-electron chi connectivity index (χ3n) is 4.38. The number of nitrogens with one attached hydrogen (secondary N) is 1. The summed E-state index contributed by atoms with van der Waals surface area (Å²) >= 11 is 0. The van der Waals surface area contributed by atoms with E-state index in [1.54, 1.807) is 32.9 Å². The van der Waals surface area contributed by atoms with Gasteiger partial charge in [0.2, 0.25) is 15.9 Å². The number of benzene rings is 2. The Kier molecular flexibility index (Phi) is 6.74. The van der Waals surface area contributed by atoms with Crippen LogP contribution in [0.3, 0.4) is 0 Å². The minimum atomic E-state index is -4.64. The van der Waals surface area contributed by atoms with E-state index in [4.69, 9.17) is 0 Å². The fourth-order valence-electron chi connectivity index (χ4n) is 3.26. The van der Waals surface area contributed by atoms with Gasteiger partial charge in [-0.2, -0.15) is 17.5 Å². The fourth-order valence-corrected chi connectivity index (χ4v) is 5.08. The molecule has 0 aliphatic rings. The first-order valence-electron chi connectivity index (χ1n) is 8.92. The summed E-state index contributed by atoms with van der Waals surface area (Å²) in [4.78, 5) is 12.5. The van der Waals surface area contributed by atoms with Crippen LogP contribution in [0.4, 0.5) is 18.9 Å². The van der Waals surface area contributed by atoms with Crippen LogP contribution in [0.1, 0.15) is 29.2 Å². The van der Waals surface area contributed by atoms with E-state index in [-0.39, 0.29) is 11.4 Å². The van der Waals surface area contributed by atoms with Crippen molar-refractivity contribution in [3.63, 3.8) is 0 Å². The molecule has 0 radical (unpaired) electrons. The standard InChI is InChI=1S/C20H23F3N2O3S/c1-5-25(29(27,28)19-14(3)10-13(2)11-15(19)4)12-18(26)24-17-9-7-6-8-16(17)20(21,22)23/h6-11H,5,12H2,1-4H3,(H,24,26). The number of carbonyl (C=O) groups is 1. The first-order valence-corrected chi connectivity index (χ1v) is 10.4. The van der Waals surface area contributed by atoms with Gasteiger partial charge >= 0.3 is 6.18 Å². The maximum atomic E-state index is 13.1. The number of anilines is 1. The van der Waals surface area contributed by atoms with Crippen molar-refractivity contribution < 1.29 is 26.4 Å². The number of sulfonamides is 1. The van der Waals surface area contributed by atoms with Gasteiger partial charge in [0.1, 0.15) is 0 Å². The second-order valence-corrected chi connectivity index (χ2v) is 8.63. The third kappa shape index (κ3) is 5.16. The Morgan fingerprint density at radius 2 is 1.62 bits per heavy atom. The molecule has 2 aromatic rings. The summed E-state index contributed by atoms with van der Waals surface area (Å²) in [5.74, 6) is -0.852. The molecule has 0 aromatic heterocycles. The molecule has 2 aromatic carbocycles. The topological polar surface area (TPSA) is 66.5 Å².